The first-order valence-electron chi connectivity index (χ1n) is 9.55. The van der Waals surface area contributed by atoms with Gasteiger partial charge in [0.05, 0.1) is 4.90 Å². The molecule has 1 aromatic carbocycles. The molecule has 1 aromatic heterocycles. The molecule has 0 saturated carbocycles. The van der Waals surface area contributed by atoms with Crippen molar-refractivity contribution < 1.29 is 8.42 Å². The maximum absolute atomic E-state index is 12.4. The molecule has 2 heterocycles. The van der Waals surface area contributed by atoms with Gasteiger partial charge >= 0.3 is 0 Å². The maximum atomic E-state index is 12.4. The fourth-order valence-corrected chi connectivity index (χ4v) is 4.40. The fourth-order valence-electron chi connectivity index (χ4n) is 3.16. The monoisotopic (exact) mass is 434 g/mol. The highest BCUT2D eigenvalue weighted by molar-refractivity contribution is 7.92. The number of benzene rings is 1. The Kier molecular flexibility index (Phi) is 6.99. The van der Waals surface area contributed by atoms with E-state index in [1.165, 1.54) is 24.5 Å². The lowest BCUT2D eigenvalue weighted by Gasteiger charge is -2.35. The van der Waals surface area contributed by atoms with Gasteiger partial charge in [-0.15, -0.1) is 0 Å². The molecule has 0 amide bonds. The van der Waals surface area contributed by atoms with E-state index in [9.17, 15) is 8.42 Å². The van der Waals surface area contributed by atoms with Crippen molar-refractivity contribution in [1.29, 1.82) is 0 Å². The van der Waals surface area contributed by atoms with Gasteiger partial charge in [0.15, 0.2) is 5.11 Å². The normalized spacial score (nSPS) is 15.8. The number of aromatic nitrogens is 2. The fraction of sp³-hybridized carbons (Fsp3) is 0.421. The van der Waals surface area contributed by atoms with Crippen LogP contribution in [0.1, 0.15) is 26.7 Å². The number of hydrogen-bond donors (Lipinski definition) is 3. The molecule has 156 valence electrons. The lowest BCUT2D eigenvalue weighted by molar-refractivity contribution is 0.168. The van der Waals surface area contributed by atoms with E-state index in [1.54, 1.807) is 18.2 Å². The zero-order valence-electron chi connectivity index (χ0n) is 16.5. The number of rotatable bonds is 6. The number of sulfonamides is 1. The lowest BCUT2D eigenvalue weighted by Crippen LogP contribution is -2.47. The Bertz CT molecular complexity index is 911. The predicted molar refractivity (Wildman–Crippen MR) is 118 cm³/mol. The van der Waals surface area contributed by atoms with Crippen molar-refractivity contribution in [2.24, 2.45) is 0 Å². The Balaban J connectivity index is 1.53. The lowest BCUT2D eigenvalue weighted by atomic mass is 10.0. The van der Waals surface area contributed by atoms with Crippen LogP contribution in [0, 0.1) is 0 Å². The number of piperidine rings is 1. The highest BCUT2D eigenvalue weighted by atomic mass is 32.2. The highest BCUT2D eigenvalue weighted by Crippen LogP contribution is 2.17. The van der Waals surface area contributed by atoms with Gasteiger partial charge in [-0.1, -0.05) is 0 Å². The molecule has 0 unspecified atom stereocenters. The zero-order valence-corrected chi connectivity index (χ0v) is 18.1. The van der Waals surface area contributed by atoms with Crippen LogP contribution in [0.4, 0.5) is 11.6 Å². The van der Waals surface area contributed by atoms with Gasteiger partial charge in [-0.2, -0.15) is 0 Å². The molecule has 3 N–H and O–H groups in total. The molecule has 2 aromatic rings. The summed E-state index contributed by atoms with van der Waals surface area (Å²) in [6, 6.07) is 8.90. The Morgan fingerprint density at radius 1 is 1.14 bits per heavy atom. The quantitative estimate of drug-likeness (QED) is 0.596. The smallest absolute Gasteiger partial charge is 0.264 e. The first kappa shape index (κ1) is 21.4. The molecule has 1 fully saturated rings. The molecule has 29 heavy (non-hydrogen) atoms. The number of nitrogens with zero attached hydrogens (tertiary/aromatic N) is 3. The second kappa shape index (κ2) is 9.47. The number of hydrogen-bond acceptors (Lipinski definition) is 6. The summed E-state index contributed by atoms with van der Waals surface area (Å²) in [7, 11) is -3.75. The first-order chi connectivity index (χ1) is 13.8. The second-order valence-electron chi connectivity index (χ2n) is 7.20. The van der Waals surface area contributed by atoms with E-state index >= 15 is 0 Å². The van der Waals surface area contributed by atoms with Gasteiger partial charge < -0.3 is 15.5 Å². The van der Waals surface area contributed by atoms with Gasteiger partial charge in [-0.3, -0.25) is 0 Å². The summed E-state index contributed by atoms with van der Waals surface area (Å²) in [5, 5.41) is 7.01. The minimum absolute atomic E-state index is 0.0311. The Labute approximate surface area is 177 Å². The summed E-state index contributed by atoms with van der Waals surface area (Å²) in [5.74, 6) is 0.0311. The number of anilines is 2. The van der Waals surface area contributed by atoms with Crippen LogP contribution in [-0.2, 0) is 10.0 Å². The van der Waals surface area contributed by atoms with Gasteiger partial charge in [0.25, 0.3) is 10.0 Å². The van der Waals surface area contributed by atoms with Crippen LogP contribution in [0.2, 0.25) is 0 Å². The Morgan fingerprint density at radius 3 is 2.34 bits per heavy atom. The van der Waals surface area contributed by atoms with E-state index in [0.29, 0.717) is 17.2 Å². The summed E-state index contributed by atoms with van der Waals surface area (Å²) in [4.78, 5) is 10.3. The first-order valence-corrected chi connectivity index (χ1v) is 11.4. The molecule has 10 heteroatoms. The van der Waals surface area contributed by atoms with E-state index in [2.05, 4.69) is 44.1 Å². The summed E-state index contributed by atoms with van der Waals surface area (Å²) in [6.45, 7) is 6.55. The summed E-state index contributed by atoms with van der Waals surface area (Å²) < 4.78 is 27.2. The standard InChI is InChI=1S/C19H26N6O2S2/c1-14(2)25-12-8-16(9-13-25)23-19(28)22-15-4-6-17(7-5-15)29(26,27)24-18-20-10-3-11-21-18/h3-7,10-11,14,16H,8-9,12-13H2,1-2H3,(H,20,21,24)(H2,22,23,28). The highest BCUT2D eigenvalue weighted by Gasteiger charge is 2.21. The largest absolute Gasteiger partial charge is 0.360 e. The van der Waals surface area contributed by atoms with Crippen LogP contribution in [0.25, 0.3) is 0 Å². The average molecular weight is 435 g/mol. The van der Waals surface area contributed by atoms with Crippen LogP contribution in [-0.4, -0.2) is 53.6 Å². The Hall–Kier alpha value is -2.30. The molecule has 0 spiro atoms. The predicted octanol–water partition coefficient (Wildman–Crippen LogP) is 2.44. The molecule has 3 rings (SSSR count). The average Bonchev–Trinajstić information content (AvgIpc) is 2.69. The third-order valence-electron chi connectivity index (χ3n) is 4.81. The van der Waals surface area contributed by atoms with E-state index in [-0.39, 0.29) is 10.8 Å². The van der Waals surface area contributed by atoms with Gasteiger partial charge in [0, 0.05) is 43.3 Å². The van der Waals surface area contributed by atoms with Crippen molar-refractivity contribution in [1.82, 2.24) is 20.2 Å². The van der Waals surface area contributed by atoms with Crippen LogP contribution in [0.5, 0.6) is 0 Å². The topological polar surface area (TPSA) is 99.2 Å². The molecule has 0 aliphatic carbocycles. The van der Waals surface area contributed by atoms with E-state index in [0.717, 1.165) is 31.6 Å². The molecule has 0 radical (unpaired) electrons. The zero-order chi connectivity index (χ0) is 20.9. The van der Waals surface area contributed by atoms with Crippen molar-refractivity contribution in [3.63, 3.8) is 0 Å². The van der Waals surface area contributed by atoms with Crippen LogP contribution >= 0.6 is 12.2 Å². The molecule has 1 saturated heterocycles. The van der Waals surface area contributed by atoms with E-state index in [4.69, 9.17) is 12.2 Å². The number of thiocarbonyl (C=S) groups is 1. The van der Waals surface area contributed by atoms with Gasteiger partial charge in [-0.25, -0.2) is 23.1 Å². The summed E-state index contributed by atoms with van der Waals surface area (Å²) >= 11 is 5.41. The molecule has 0 atom stereocenters. The molecule has 1 aliphatic heterocycles. The van der Waals surface area contributed by atoms with E-state index < -0.39 is 10.0 Å². The summed E-state index contributed by atoms with van der Waals surface area (Å²) in [6.07, 6.45) is 5.03. The minimum Gasteiger partial charge on any atom is -0.360 e. The number of likely N-dealkylation sites (tertiary alicyclic amines) is 1. The second-order valence-corrected chi connectivity index (χ2v) is 9.30. The molecule has 1 aliphatic rings. The van der Waals surface area contributed by atoms with Gasteiger partial charge in [0.2, 0.25) is 5.95 Å². The molecule has 8 nitrogen and oxygen atoms in total. The SMILES string of the molecule is CC(C)N1CCC(NC(=S)Nc2ccc(S(=O)(=O)Nc3ncccn3)cc2)CC1. The van der Waals surface area contributed by atoms with Gasteiger partial charge in [-0.05, 0) is 69.2 Å². The van der Waals surface area contributed by atoms with Crippen LogP contribution in [0.3, 0.4) is 0 Å². The third kappa shape index (κ3) is 6.09. The third-order valence-corrected chi connectivity index (χ3v) is 6.37. The van der Waals surface area contributed by atoms with Crippen LogP contribution in [0.15, 0.2) is 47.6 Å². The minimum atomic E-state index is -3.75. The summed E-state index contributed by atoms with van der Waals surface area (Å²) in [5.41, 5.74) is 0.719. The van der Waals surface area contributed by atoms with Crippen molar-refractivity contribution in [3.8, 4) is 0 Å². The molecular formula is C19H26N6O2S2. The Morgan fingerprint density at radius 2 is 1.76 bits per heavy atom. The van der Waals surface area contributed by atoms with Crippen molar-refractivity contribution in [2.45, 2.75) is 43.7 Å². The molecule has 0 bridgehead atoms. The van der Waals surface area contributed by atoms with E-state index in [1.807, 2.05) is 0 Å². The number of nitrogens with one attached hydrogen (secondary N) is 3. The van der Waals surface area contributed by atoms with Crippen molar-refractivity contribution >= 4 is 39.0 Å². The maximum Gasteiger partial charge on any atom is 0.264 e. The van der Waals surface area contributed by atoms with Crippen molar-refractivity contribution in [2.75, 3.05) is 23.1 Å². The molecular weight excluding hydrogens is 408 g/mol. The van der Waals surface area contributed by atoms with Crippen LogP contribution < -0.4 is 15.4 Å². The van der Waals surface area contributed by atoms with Crippen molar-refractivity contribution in [3.05, 3.63) is 42.7 Å². The van der Waals surface area contributed by atoms with Gasteiger partial charge in [0.1, 0.15) is 0 Å².